The van der Waals surface area contributed by atoms with E-state index in [4.69, 9.17) is 11.6 Å². The molecular weight excluding hydrogens is 443 g/mol. The highest BCUT2D eigenvalue weighted by Crippen LogP contribution is 2.21. The van der Waals surface area contributed by atoms with Crippen molar-refractivity contribution >= 4 is 27.5 Å². The number of amides is 1. The Balaban J connectivity index is 1.71. The van der Waals surface area contributed by atoms with Crippen LogP contribution in [-0.4, -0.2) is 41.3 Å². The van der Waals surface area contributed by atoms with Crippen LogP contribution in [0.3, 0.4) is 0 Å². The number of halogens is 2. The molecule has 0 saturated heterocycles. The van der Waals surface area contributed by atoms with Crippen LogP contribution in [0, 0.1) is 5.82 Å². The second-order valence-corrected chi connectivity index (χ2v) is 9.20. The molecule has 3 aromatic rings. The van der Waals surface area contributed by atoms with Crippen LogP contribution in [0.25, 0.3) is 0 Å². The van der Waals surface area contributed by atoms with E-state index >= 15 is 0 Å². The summed E-state index contributed by atoms with van der Waals surface area (Å²) in [4.78, 5) is 16.4. The molecule has 1 N–H and O–H groups in total. The van der Waals surface area contributed by atoms with E-state index in [2.05, 4.69) is 10.3 Å². The molecule has 1 amide bonds. The first-order chi connectivity index (χ1) is 14.9. The predicted molar refractivity (Wildman–Crippen MR) is 115 cm³/mol. The van der Waals surface area contributed by atoms with E-state index in [0.717, 1.165) is 4.31 Å². The van der Waals surface area contributed by atoms with Crippen molar-refractivity contribution in [3.8, 4) is 0 Å². The monoisotopic (exact) mass is 464 g/mol. The second kappa shape index (κ2) is 10.5. The van der Waals surface area contributed by atoms with Gasteiger partial charge in [0.25, 0.3) is 0 Å². The van der Waals surface area contributed by atoms with Crippen molar-refractivity contribution in [3.63, 3.8) is 0 Å². The van der Waals surface area contributed by atoms with Gasteiger partial charge in [0.1, 0.15) is 5.82 Å². The molecule has 7 nitrogen and oxygen atoms in total. The van der Waals surface area contributed by atoms with Gasteiger partial charge in [-0.2, -0.15) is 4.31 Å². The minimum absolute atomic E-state index is 0.0267. The van der Waals surface area contributed by atoms with Gasteiger partial charge >= 0.3 is 0 Å². The lowest BCUT2D eigenvalue weighted by atomic mass is 10.2. The van der Waals surface area contributed by atoms with E-state index in [1.54, 1.807) is 18.6 Å². The first-order valence-electron chi connectivity index (χ1n) is 9.58. The number of hydrogen-bond acceptors (Lipinski definition) is 4. The molecule has 0 aliphatic heterocycles. The summed E-state index contributed by atoms with van der Waals surface area (Å²) in [6.45, 7) is 0.318. The first-order valence-corrected chi connectivity index (χ1v) is 11.4. The van der Waals surface area contributed by atoms with Gasteiger partial charge in [-0.15, -0.1) is 0 Å². The zero-order valence-electron chi connectivity index (χ0n) is 16.6. The number of aromatic nitrogens is 2. The van der Waals surface area contributed by atoms with Crippen molar-refractivity contribution in [2.75, 3.05) is 13.1 Å². The molecule has 164 valence electrons. The standard InChI is InChI=1S/C21H22ClFN4O3S/c22-18-6-8-19(9-7-18)31(29,30)27(14-17-4-1-2-5-20(17)23)15-21(28)25-10-3-12-26-13-11-24-16-26/h1-2,4-9,11,13,16H,3,10,12,14-15H2,(H,25,28). The van der Waals surface area contributed by atoms with Gasteiger partial charge in [-0.1, -0.05) is 29.8 Å². The number of benzene rings is 2. The van der Waals surface area contributed by atoms with Crippen molar-refractivity contribution < 1.29 is 17.6 Å². The smallest absolute Gasteiger partial charge is 0.243 e. The van der Waals surface area contributed by atoms with Gasteiger partial charge in [0.05, 0.1) is 17.8 Å². The molecule has 0 unspecified atom stereocenters. The molecular formula is C21H22ClFN4O3S. The van der Waals surface area contributed by atoms with E-state index in [-0.39, 0.29) is 17.0 Å². The van der Waals surface area contributed by atoms with Crippen molar-refractivity contribution in [3.05, 3.63) is 83.7 Å². The van der Waals surface area contributed by atoms with E-state index in [9.17, 15) is 17.6 Å². The average molecular weight is 465 g/mol. The molecule has 0 fully saturated rings. The summed E-state index contributed by atoms with van der Waals surface area (Å²) in [5.74, 6) is -1.01. The van der Waals surface area contributed by atoms with Crippen molar-refractivity contribution in [2.24, 2.45) is 0 Å². The molecule has 0 spiro atoms. The molecule has 0 atom stereocenters. The Bertz CT molecular complexity index is 1110. The van der Waals surface area contributed by atoms with E-state index in [1.807, 2.05) is 10.8 Å². The van der Waals surface area contributed by atoms with Crippen molar-refractivity contribution in [2.45, 2.75) is 24.4 Å². The van der Waals surface area contributed by atoms with Crippen LogP contribution in [0.2, 0.25) is 5.02 Å². The van der Waals surface area contributed by atoms with Crippen LogP contribution in [0.5, 0.6) is 0 Å². The minimum atomic E-state index is -4.06. The molecule has 0 bridgehead atoms. The highest BCUT2D eigenvalue weighted by atomic mass is 35.5. The Labute approximate surface area is 185 Å². The van der Waals surface area contributed by atoms with Crippen LogP contribution in [0.4, 0.5) is 4.39 Å². The largest absolute Gasteiger partial charge is 0.355 e. The number of nitrogens with one attached hydrogen (secondary N) is 1. The Morgan fingerprint density at radius 3 is 2.58 bits per heavy atom. The number of sulfonamides is 1. The van der Waals surface area contributed by atoms with Gasteiger partial charge in [-0.05, 0) is 36.8 Å². The van der Waals surface area contributed by atoms with Gasteiger partial charge in [0.2, 0.25) is 15.9 Å². The normalized spacial score (nSPS) is 11.6. The fraction of sp³-hybridized carbons (Fsp3) is 0.238. The van der Waals surface area contributed by atoms with Gasteiger partial charge in [0, 0.05) is 42.6 Å². The lowest BCUT2D eigenvalue weighted by molar-refractivity contribution is -0.121. The van der Waals surface area contributed by atoms with Crippen LogP contribution in [0.15, 0.2) is 72.1 Å². The third-order valence-electron chi connectivity index (χ3n) is 4.55. The lowest BCUT2D eigenvalue weighted by Crippen LogP contribution is -2.40. The van der Waals surface area contributed by atoms with E-state index in [0.29, 0.717) is 24.5 Å². The Kier molecular flexibility index (Phi) is 7.78. The number of imidazole rings is 1. The fourth-order valence-electron chi connectivity index (χ4n) is 2.92. The second-order valence-electron chi connectivity index (χ2n) is 6.82. The Morgan fingerprint density at radius 1 is 1.16 bits per heavy atom. The summed E-state index contributed by atoms with van der Waals surface area (Å²) in [5, 5.41) is 3.10. The molecule has 10 heteroatoms. The number of hydrogen-bond donors (Lipinski definition) is 1. The summed E-state index contributed by atoms with van der Waals surface area (Å²) in [7, 11) is -4.06. The Morgan fingerprint density at radius 2 is 1.90 bits per heavy atom. The maximum Gasteiger partial charge on any atom is 0.243 e. The topological polar surface area (TPSA) is 84.3 Å². The molecule has 1 heterocycles. The average Bonchev–Trinajstić information content (AvgIpc) is 3.26. The lowest BCUT2D eigenvalue weighted by Gasteiger charge is -2.22. The SMILES string of the molecule is O=C(CN(Cc1ccccc1F)S(=O)(=O)c1ccc(Cl)cc1)NCCCn1ccnc1. The van der Waals surface area contributed by atoms with Crippen LogP contribution in [-0.2, 0) is 27.9 Å². The molecule has 0 saturated carbocycles. The summed E-state index contributed by atoms with van der Waals surface area (Å²) in [6.07, 6.45) is 5.81. The summed E-state index contributed by atoms with van der Waals surface area (Å²) >= 11 is 5.86. The zero-order valence-corrected chi connectivity index (χ0v) is 18.2. The highest BCUT2D eigenvalue weighted by molar-refractivity contribution is 7.89. The molecule has 3 rings (SSSR count). The highest BCUT2D eigenvalue weighted by Gasteiger charge is 2.27. The number of aryl methyl sites for hydroxylation is 1. The molecule has 1 aromatic heterocycles. The van der Waals surface area contributed by atoms with Gasteiger partial charge in [-0.3, -0.25) is 4.79 Å². The summed E-state index contributed by atoms with van der Waals surface area (Å²) in [5.41, 5.74) is 0.174. The predicted octanol–water partition coefficient (Wildman–Crippen LogP) is 3.07. The van der Waals surface area contributed by atoms with Crippen LogP contribution >= 0.6 is 11.6 Å². The van der Waals surface area contributed by atoms with E-state index < -0.39 is 28.3 Å². The van der Waals surface area contributed by atoms with E-state index in [1.165, 1.54) is 42.5 Å². The minimum Gasteiger partial charge on any atom is -0.355 e. The number of carbonyl (C=O) groups is 1. The van der Waals surface area contributed by atoms with Gasteiger partial charge in [-0.25, -0.2) is 17.8 Å². The zero-order chi connectivity index (χ0) is 22.3. The maximum absolute atomic E-state index is 14.2. The molecule has 0 aliphatic rings. The molecule has 2 aromatic carbocycles. The molecule has 31 heavy (non-hydrogen) atoms. The van der Waals surface area contributed by atoms with Crippen molar-refractivity contribution in [1.82, 2.24) is 19.2 Å². The quantitative estimate of drug-likeness (QED) is 0.467. The van der Waals surface area contributed by atoms with Crippen molar-refractivity contribution in [1.29, 1.82) is 0 Å². The first kappa shape index (κ1) is 22.9. The Hall–Kier alpha value is -2.75. The fourth-order valence-corrected chi connectivity index (χ4v) is 4.42. The van der Waals surface area contributed by atoms with Gasteiger partial charge < -0.3 is 9.88 Å². The maximum atomic E-state index is 14.2. The third kappa shape index (κ3) is 6.36. The molecule has 0 radical (unpaired) electrons. The number of carbonyl (C=O) groups excluding carboxylic acids is 1. The summed E-state index contributed by atoms with van der Waals surface area (Å²) < 4.78 is 43.3. The summed E-state index contributed by atoms with van der Waals surface area (Å²) in [6, 6.07) is 11.5. The van der Waals surface area contributed by atoms with Crippen LogP contribution < -0.4 is 5.32 Å². The van der Waals surface area contributed by atoms with Crippen LogP contribution in [0.1, 0.15) is 12.0 Å². The molecule has 0 aliphatic carbocycles. The number of rotatable bonds is 10. The number of nitrogens with zero attached hydrogens (tertiary/aromatic N) is 3. The van der Waals surface area contributed by atoms with Gasteiger partial charge in [0.15, 0.2) is 0 Å². The third-order valence-corrected chi connectivity index (χ3v) is 6.61.